The normalized spacial score (nSPS) is 10.5. The molecule has 0 radical (unpaired) electrons. The molecule has 0 spiro atoms. The number of hydrogen-bond acceptors (Lipinski definition) is 5. The van der Waals surface area contributed by atoms with Crippen LogP contribution in [0.5, 0.6) is 11.5 Å². The second kappa shape index (κ2) is 9.27. The van der Waals surface area contributed by atoms with Gasteiger partial charge < -0.3 is 14.2 Å². The van der Waals surface area contributed by atoms with Crippen LogP contribution in [0.25, 0.3) is 6.08 Å². The summed E-state index contributed by atoms with van der Waals surface area (Å²) in [6, 6.07) is 14.1. The molecule has 0 aliphatic carbocycles. The first kappa shape index (κ1) is 18.3. The molecule has 0 atom stereocenters. The van der Waals surface area contributed by atoms with Gasteiger partial charge in [0.05, 0.1) is 13.7 Å². The van der Waals surface area contributed by atoms with E-state index < -0.39 is 5.97 Å². The highest BCUT2D eigenvalue weighted by molar-refractivity contribution is 6.06. The third kappa shape index (κ3) is 5.80. The fourth-order valence-corrected chi connectivity index (χ4v) is 2.06. The highest BCUT2D eigenvalue weighted by Gasteiger charge is 2.05. The number of carbonyl (C=O) groups excluding carboxylic acids is 2. The second-order valence-corrected chi connectivity index (χ2v) is 5.09. The summed E-state index contributed by atoms with van der Waals surface area (Å²) in [7, 11) is 1.30. The molecular formula is C20H20O5. The van der Waals surface area contributed by atoms with E-state index in [2.05, 4.69) is 4.74 Å². The lowest BCUT2D eigenvalue weighted by molar-refractivity contribution is -0.142. The van der Waals surface area contributed by atoms with Crippen LogP contribution in [0, 0.1) is 0 Å². The number of carbonyl (C=O) groups is 2. The third-order valence-corrected chi connectivity index (χ3v) is 3.32. The number of methoxy groups -OCH3 is 1. The lowest BCUT2D eigenvalue weighted by Crippen LogP contribution is -2.12. The summed E-state index contributed by atoms with van der Waals surface area (Å²) in [5.74, 6) is 0.679. The monoisotopic (exact) mass is 340 g/mol. The molecule has 2 aromatic rings. The second-order valence-electron chi connectivity index (χ2n) is 5.09. The minimum absolute atomic E-state index is 0.124. The van der Waals surface area contributed by atoms with Gasteiger partial charge in [0, 0.05) is 5.56 Å². The SMILES string of the molecule is CCOc1cccc(/C=C/C(=O)c2ccc(OCC(=O)OC)cc2)c1. The van der Waals surface area contributed by atoms with Gasteiger partial charge in [-0.15, -0.1) is 0 Å². The lowest BCUT2D eigenvalue weighted by atomic mass is 10.1. The maximum absolute atomic E-state index is 12.2. The molecule has 2 rings (SSSR count). The fraction of sp³-hybridized carbons (Fsp3) is 0.200. The zero-order chi connectivity index (χ0) is 18.1. The first-order chi connectivity index (χ1) is 12.1. The van der Waals surface area contributed by atoms with E-state index in [1.54, 1.807) is 30.3 Å². The van der Waals surface area contributed by atoms with Gasteiger partial charge in [-0.1, -0.05) is 18.2 Å². The molecule has 0 fully saturated rings. The number of rotatable bonds is 8. The predicted octanol–water partition coefficient (Wildman–Crippen LogP) is 3.53. The first-order valence-electron chi connectivity index (χ1n) is 7.87. The maximum Gasteiger partial charge on any atom is 0.343 e. The molecule has 0 amide bonds. The Kier molecular flexibility index (Phi) is 6.77. The van der Waals surface area contributed by atoms with Gasteiger partial charge in [0.25, 0.3) is 0 Å². The highest BCUT2D eigenvalue weighted by atomic mass is 16.6. The van der Waals surface area contributed by atoms with Crippen molar-refractivity contribution in [2.75, 3.05) is 20.3 Å². The number of esters is 1. The van der Waals surface area contributed by atoms with Gasteiger partial charge in [-0.05, 0) is 55.0 Å². The van der Waals surface area contributed by atoms with E-state index in [1.807, 2.05) is 31.2 Å². The number of ether oxygens (including phenoxy) is 3. The van der Waals surface area contributed by atoms with Crippen molar-refractivity contribution in [2.45, 2.75) is 6.92 Å². The maximum atomic E-state index is 12.2. The van der Waals surface area contributed by atoms with E-state index >= 15 is 0 Å². The van der Waals surface area contributed by atoms with Crippen molar-refractivity contribution in [3.05, 3.63) is 65.7 Å². The number of allylic oxidation sites excluding steroid dienone is 1. The van der Waals surface area contributed by atoms with Crippen molar-refractivity contribution in [1.29, 1.82) is 0 Å². The van der Waals surface area contributed by atoms with Crippen molar-refractivity contribution in [1.82, 2.24) is 0 Å². The number of hydrogen-bond donors (Lipinski definition) is 0. The Morgan fingerprint density at radius 3 is 2.44 bits per heavy atom. The van der Waals surface area contributed by atoms with Gasteiger partial charge in [0.2, 0.25) is 0 Å². The predicted molar refractivity (Wildman–Crippen MR) is 94.9 cm³/mol. The van der Waals surface area contributed by atoms with Crippen LogP contribution >= 0.6 is 0 Å². The summed E-state index contributed by atoms with van der Waals surface area (Å²) in [6.45, 7) is 2.35. The molecule has 25 heavy (non-hydrogen) atoms. The number of benzene rings is 2. The Hall–Kier alpha value is -3.08. The van der Waals surface area contributed by atoms with Crippen molar-refractivity contribution in [2.24, 2.45) is 0 Å². The molecule has 0 bridgehead atoms. The minimum Gasteiger partial charge on any atom is -0.494 e. The van der Waals surface area contributed by atoms with Crippen molar-refractivity contribution >= 4 is 17.8 Å². The summed E-state index contributed by atoms with van der Waals surface area (Å²) in [6.07, 6.45) is 3.25. The van der Waals surface area contributed by atoms with Crippen LogP contribution in [0.3, 0.4) is 0 Å². The third-order valence-electron chi connectivity index (χ3n) is 3.32. The Morgan fingerprint density at radius 1 is 1.00 bits per heavy atom. The van der Waals surface area contributed by atoms with Gasteiger partial charge >= 0.3 is 5.97 Å². The van der Waals surface area contributed by atoms with Gasteiger partial charge in [0.1, 0.15) is 11.5 Å². The molecule has 2 aromatic carbocycles. The summed E-state index contributed by atoms with van der Waals surface area (Å²) in [5.41, 5.74) is 1.42. The largest absolute Gasteiger partial charge is 0.494 e. The van der Waals surface area contributed by atoms with Crippen LogP contribution in [0.4, 0.5) is 0 Å². The van der Waals surface area contributed by atoms with Gasteiger partial charge in [-0.2, -0.15) is 0 Å². The number of ketones is 1. The molecule has 5 heteroatoms. The molecule has 0 unspecified atom stereocenters. The summed E-state index contributed by atoms with van der Waals surface area (Å²) in [5, 5.41) is 0. The summed E-state index contributed by atoms with van der Waals surface area (Å²) >= 11 is 0. The van der Waals surface area contributed by atoms with Crippen LogP contribution in [0.2, 0.25) is 0 Å². The molecule has 0 saturated carbocycles. The average Bonchev–Trinajstić information content (AvgIpc) is 2.65. The van der Waals surface area contributed by atoms with Crippen molar-refractivity contribution in [3.63, 3.8) is 0 Å². The molecule has 0 N–H and O–H groups in total. The Balaban J connectivity index is 1.98. The molecule has 0 aliphatic heterocycles. The van der Waals surface area contributed by atoms with Crippen LogP contribution in [-0.2, 0) is 9.53 Å². The standard InChI is InChI=1S/C20H20O5/c1-3-24-18-6-4-5-15(13-18)7-12-19(21)16-8-10-17(11-9-16)25-14-20(22)23-2/h4-13H,3,14H2,1-2H3/b12-7+. The Morgan fingerprint density at radius 2 is 1.76 bits per heavy atom. The molecule has 0 aromatic heterocycles. The van der Waals surface area contributed by atoms with Crippen molar-refractivity contribution < 1.29 is 23.8 Å². The van der Waals surface area contributed by atoms with E-state index in [1.165, 1.54) is 13.2 Å². The van der Waals surface area contributed by atoms with E-state index in [0.29, 0.717) is 17.9 Å². The fourth-order valence-electron chi connectivity index (χ4n) is 2.06. The Labute approximate surface area is 146 Å². The molecular weight excluding hydrogens is 320 g/mol. The van der Waals surface area contributed by atoms with Crippen molar-refractivity contribution in [3.8, 4) is 11.5 Å². The van der Waals surface area contributed by atoms with E-state index in [9.17, 15) is 9.59 Å². The molecule has 0 saturated heterocycles. The van der Waals surface area contributed by atoms with Gasteiger partial charge in [-0.25, -0.2) is 4.79 Å². The van der Waals surface area contributed by atoms with Gasteiger partial charge in [0.15, 0.2) is 12.4 Å². The van der Waals surface area contributed by atoms with Crippen LogP contribution in [-0.4, -0.2) is 32.1 Å². The van der Waals surface area contributed by atoms with Crippen LogP contribution in [0.1, 0.15) is 22.8 Å². The lowest BCUT2D eigenvalue weighted by Gasteiger charge is -2.05. The zero-order valence-corrected chi connectivity index (χ0v) is 14.2. The van der Waals surface area contributed by atoms with E-state index in [0.717, 1.165) is 11.3 Å². The van der Waals surface area contributed by atoms with E-state index in [4.69, 9.17) is 9.47 Å². The van der Waals surface area contributed by atoms with Crippen LogP contribution < -0.4 is 9.47 Å². The molecule has 130 valence electrons. The molecule has 0 heterocycles. The molecule has 5 nitrogen and oxygen atoms in total. The van der Waals surface area contributed by atoms with E-state index in [-0.39, 0.29) is 12.4 Å². The quantitative estimate of drug-likeness (QED) is 0.418. The average molecular weight is 340 g/mol. The first-order valence-corrected chi connectivity index (χ1v) is 7.87. The summed E-state index contributed by atoms with van der Waals surface area (Å²) in [4.78, 5) is 23.2. The molecule has 0 aliphatic rings. The smallest absolute Gasteiger partial charge is 0.343 e. The topological polar surface area (TPSA) is 61.8 Å². The minimum atomic E-state index is -0.461. The summed E-state index contributed by atoms with van der Waals surface area (Å²) < 4.78 is 15.2. The Bertz CT molecular complexity index is 747. The zero-order valence-electron chi connectivity index (χ0n) is 14.2. The van der Waals surface area contributed by atoms with Crippen LogP contribution in [0.15, 0.2) is 54.6 Å². The highest BCUT2D eigenvalue weighted by Crippen LogP contribution is 2.16. The van der Waals surface area contributed by atoms with Gasteiger partial charge in [-0.3, -0.25) is 4.79 Å².